The van der Waals surface area contributed by atoms with Gasteiger partial charge in [0, 0.05) is 0 Å². The molecule has 4 saturated carbocycles. The average molecular weight is 245 g/mol. The molecular formula is C18H29. The van der Waals surface area contributed by atoms with Crippen LogP contribution < -0.4 is 0 Å². The fourth-order valence-electron chi connectivity index (χ4n) is 6.54. The summed E-state index contributed by atoms with van der Waals surface area (Å²) in [7, 11) is 0. The highest BCUT2D eigenvalue weighted by atomic mass is 14.6. The lowest BCUT2D eigenvalue weighted by atomic mass is 9.43. The van der Waals surface area contributed by atoms with E-state index in [0.29, 0.717) is 5.41 Å². The van der Waals surface area contributed by atoms with E-state index in [1.54, 1.807) is 64.2 Å². The van der Waals surface area contributed by atoms with E-state index < -0.39 is 0 Å². The lowest BCUT2D eigenvalue weighted by molar-refractivity contribution is -0.0800. The molecule has 1 radical (unpaired) electrons. The Hall–Kier alpha value is 0. The summed E-state index contributed by atoms with van der Waals surface area (Å²) in [5.74, 6) is 2.21. The van der Waals surface area contributed by atoms with Gasteiger partial charge < -0.3 is 0 Å². The molecule has 4 aliphatic carbocycles. The van der Waals surface area contributed by atoms with Gasteiger partial charge in [-0.05, 0) is 67.6 Å². The molecule has 4 rings (SSSR count). The lowest BCUT2D eigenvalue weighted by Gasteiger charge is -2.61. The molecule has 101 valence electrons. The van der Waals surface area contributed by atoms with Crippen LogP contribution in [0, 0.1) is 29.1 Å². The molecule has 4 fully saturated rings. The van der Waals surface area contributed by atoms with Crippen LogP contribution in [0.2, 0.25) is 0 Å². The summed E-state index contributed by atoms with van der Waals surface area (Å²) in [6.45, 7) is 0. The zero-order valence-corrected chi connectivity index (χ0v) is 11.9. The van der Waals surface area contributed by atoms with Crippen LogP contribution in [0.4, 0.5) is 0 Å². The first-order chi connectivity index (χ1) is 8.82. The van der Waals surface area contributed by atoms with Crippen molar-refractivity contribution in [3.63, 3.8) is 0 Å². The molecule has 0 heterocycles. The molecule has 0 spiro atoms. The first-order valence-electron chi connectivity index (χ1n) is 8.66. The molecule has 4 aliphatic rings. The van der Waals surface area contributed by atoms with Crippen molar-refractivity contribution in [2.75, 3.05) is 0 Å². The van der Waals surface area contributed by atoms with Gasteiger partial charge in [-0.1, -0.05) is 44.9 Å². The Bertz CT molecular complexity index is 264. The van der Waals surface area contributed by atoms with Gasteiger partial charge in [-0.3, -0.25) is 0 Å². The van der Waals surface area contributed by atoms with Crippen molar-refractivity contribution in [3.8, 4) is 0 Å². The first kappa shape index (κ1) is 11.8. The van der Waals surface area contributed by atoms with Crippen LogP contribution in [0.25, 0.3) is 0 Å². The summed E-state index contributed by atoms with van der Waals surface area (Å²) in [5.41, 5.74) is 1.47. The van der Waals surface area contributed by atoms with E-state index >= 15 is 0 Å². The molecular weight excluding hydrogens is 216 g/mol. The fraction of sp³-hybridized carbons (Fsp3) is 0.944. The normalized spacial score (nSPS) is 52.0. The van der Waals surface area contributed by atoms with Crippen molar-refractivity contribution in [2.45, 2.75) is 83.5 Å². The van der Waals surface area contributed by atoms with Crippen molar-refractivity contribution in [2.24, 2.45) is 22.7 Å². The summed E-state index contributed by atoms with van der Waals surface area (Å²) in [6.07, 6.45) is 23.0. The summed E-state index contributed by atoms with van der Waals surface area (Å²) >= 11 is 0. The van der Waals surface area contributed by atoms with Crippen molar-refractivity contribution >= 4 is 0 Å². The Kier molecular flexibility index (Phi) is 2.79. The maximum Gasteiger partial charge on any atom is -0.0207 e. The van der Waals surface area contributed by atoms with E-state index in [9.17, 15) is 0 Å². The number of hydrogen-bond donors (Lipinski definition) is 0. The maximum absolute atomic E-state index is 2.84. The van der Waals surface area contributed by atoms with Gasteiger partial charge in [0.25, 0.3) is 0 Å². The van der Waals surface area contributed by atoms with E-state index in [4.69, 9.17) is 0 Å². The second kappa shape index (κ2) is 4.25. The zero-order valence-electron chi connectivity index (χ0n) is 11.9. The highest BCUT2D eigenvalue weighted by molar-refractivity contribution is 5.12. The van der Waals surface area contributed by atoms with Crippen LogP contribution >= 0.6 is 0 Å². The minimum absolute atomic E-state index is 0.702. The van der Waals surface area contributed by atoms with E-state index in [0.717, 1.165) is 17.3 Å². The Morgan fingerprint density at radius 1 is 0.722 bits per heavy atom. The third kappa shape index (κ3) is 1.63. The van der Waals surface area contributed by atoms with Crippen molar-refractivity contribution in [3.05, 3.63) is 6.42 Å². The zero-order chi connectivity index (χ0) is 12.1. The van der Waals surface area contributed by atoms with Crippen LogP contribution in [0.5, 0.6) is 0 Å². The van der Waals surface area contributed by atoms with E-state index in [2.05, 4.69) is 6.42 Å². The van der Waals surface area contributed by atoms with E-state index in [-0.39, 0.29) is 0 Å². The quantitative estimate of drug-likeness (QED) is 0.570. The number of fused-ring (bicyclic) bond motifs is 5. The van der Waals surface area contributed by atoms with Gasteiger partial charge in [-0.2, -0.15) is 0 Å². The van der Waals surface area contributed by atoms with Crippen molar-refractivity contribution in [1.82, 2.24) is 0 Å². The van der Waals surface area contributed by atoms with Gasteiger partial charge in [0.1, 0.15) is 0 Å². The van der Waals surface area contributed by atoms with Crippen molar-refractivity contribution < 1.29 is 0 Å². The molecule has 0 nitrogen and oxygen atoms in total. The highest BCUT2D eigenvalue weighted by Crippen LogP contribution is 2.66. The van der Waals surface area contributed by atoms with Crippen LogP contribution in [0.1, 0.15) is 83.5 Å². The van der Waals surface area contributed by atoms with E-state index in [1.165, 1.54) is 19.3 Å². The van der Waals surface area contributed by atoms with Gasteiger partial charge in [0.2, 0.25) is 0 Å². The predicted molar refractivity (Wildman–Crippen MR) is 76.2 cm³/mol. The van der Waals surface area contributed by atoms with Gasteiger partial charge in [0.05, 0.1) is 0 Å². The second-order valence-corrected chi connectivity index (χ2v) is 8.03. The number of hydrogen-bond acceptors (Lipinski definition) is 0. The molecule has 0 heteroatoms. The SMILES string of the molecule is [CH]1CCC2CCCC1(C13CCCC(CCC1)C3)C2. The van der Waals surface area contributed by atoms with Crippen LogP contribution in [-0.2, 0) is 0 Å². The van der Waals surface area contributed by atoms with Crippen molar-refractivity contribution in [1.29, 1.82) is 0 Å². The van der Waals surface area contributed by atoms with Crippen LogP contribution in [0.15, 0.2) is 0 Å². The molecule has 4 bridgehead atoms. The lowest BCUT2D eigenvalue weighted by Crippen LogP contribution is -2.51. The molecule has 18 heavy (non-hydrogen) atoms. The molecule has 0 N–H and O–H groups in total. The Morgan fingerprint density at radius 2 is 1.39 bits per heavy atom. The monoisotopic (exact) mass is 245 g/mol. The molecule has 0 aromatic rings. The smallest absolute Gasteiger partial charge is 0.0207 e. The topological polar surface area (TPSA) is 0 Å². The fourth-order valence-corrected chi connectivity index (χ4v) is 6.54. The third-order valence-corrected chi connectivity index (χ3v) is 7.27. The molecule has 0 aliphatic heterocycles. The standard InChI is InChI=1S/C18H29/c1-5-15-6-2-10-17(9-1,13-15)18-11-3-7-16(14-18)8-4-12-18/h9,15-16H,1-8,10-14H2. The molecule has 0 saturated heterocycles. The molecule has 0 aromatic carbocycles. The van der Waals surface area contributed by atoms with Gasteiger partial charge in [-0.25, -0.2) is 0 Å². The van der Waals surface area contributed by atoms with Crippen LogP contribution in [-0.4, -0.2) is 0 Å². The van der Waals surface area contributed by atoms with Crippen LogP contribution in [0.3, 0.4) is 0 Å². The Labute approximate surface area is 113 Å². The molecule has 0 aromatic heterocycles. The largest absolute Gasteiger partial charge is 0.0525 e. The van der Waals surface area contributed by atoms with Gasteiger partial charge in [-0.15, -0.1) is 0 Å². The minimum Gasteiger partial charge on any atom is -0.0525 e. The summed E-state index contributed by atoms with van der Waals surface area (Å²) in [4.78, 5) is 0. The third-order valence-electron chi connectivity index (χ3n) is 7.27. The van der Waals surface area contributed by atoms with Gasteiger partial charge in [0.15, 0.2) is 0 Å². The number of rotatable bonds is 1. The average Bonchev–Trinajstić information content (AvgIpc) is 2.39. The minimum atomic E-state index is 0.702. The van der Waals surface area contributed by atoms with E-state index in [1.807, 2.05) is 0 Å². The summed E-state index contributed by atoms with van der Waals surface area (Å²) in [5, 5.41) is 0. The summed E-state index contributed by atoms with van der Waals surface area (Å²) in [6, 6.07) is 0. The molecule has 2 unspecified atom stereocenters. The first-order valence-corrected chi connectivity index (χ1v) is 8.66. The second-order valence-electron chi connectivity index (χ2n) is 8.03. The molecule has 2 atom stereocenters. The predicted octanol–water partition coefficient (Wildman–Crippen LogP) is 5.52. The molecule has 0 amide bonds. The van der Waals surface area contributed by atoms with Gasteiger partial charge >= 0.3 is 0 Å². The maximum atomic E-state index is 2.84. The Balaban J connectivity index is 1.66. The summed E-state index contributed by atoms with van der Waals surface area (Å²) < 4.78 is 0. The highest BCUT2D eigenvalue weighted by Gasteiger charge is 2.55. The Morgan fingerprint density at radius 3 is 2.17 bits per heavy atom.